The molecule has 1 amide bonds. The topological polar surface area (TPSA) is 75.4 Å². The monoisotopic (exact) mass is 254 g/mol. The van der Waals surface area contributed by atoms with Gasteiger partial charge in [-0.05, 0) is 51.0 Å². The van der Waals surface area contributed by atoms with Crippen LogP contribution in [0.15, 0.2) is 0 Å². The van der Waals surface area contributed by atoms with Gasteiger partial charge < -0.3 is 16.2 Å². The van der Waals surface area contributed by atoms with E-state index in [-0.39, 0.29) is 24.0 Å². The first-order chi connectivity index (χ1) is 8.70. The Bertz CT molecular complexity index is 275. The molecule has 0 radical (unpaired) electrons. The molecule has 18 heavy (non-hydrogen) atoms. The van der Waals surface area contributed by atoms with Gasteiger partial charge in [0, 0.05) is 5.92 Å². The number of aliphatic hydroxyl groups is 1. The maximum absolute atomic E-state index is 12.2. The van der Waals surface area contributed by atoms with Gasteiger partial charge in [-0.15, -0.1) is 0 Å². The maximum atomic E-state index is 12.2. The van der Waals surface area contributed by atoms with E-state index in [1.807, 2.05) is 0 Å². The highest BCUT2D eigenvalue weighted by molar-refractivity contribution is 5.79. The molecule has 2 aliphatic carbocycles. The van der Waals surface area contributed by atoms with Crippen LogP contribution < -0.4 is 11.1 Å². The molecule has 4 nitrogen and oxygen atoms in total. The molecule has 0 bridgehead atoms. The lowest BCUT2D eigenvalue weighted by Crippen LogP contribution is -2.47. The Morgan fingerprint density at radius 3 is 2.39 bits per heavy atom. The number of hydrogen-bond donors (Lipinski definition) is 3. The fourth-order valence-electron chi connectivity index (χ4n) is 3.24. The van der Waals surface area contributed by atoms with Gasteiger partial charge in [-0.2, -0.15) is 0 Å². The number of carbonyl (C=O) groups is 1. The number of nitrogens with two attached hydrogens (primary N) is 1. The Kier molecular flexibility index (Phi) is 5.01. The van der Waals surface area contributed by atoms with Crippen molar-refractivity contribution in [1.29, 1.82) is 0 Å². The molecule has 2 aliphatic rings. The minimum atomic E-state index is -0.344. The smallest absolute Gasteiger partial charge is 0.223 e. The predicted molar refractivity (Wildman–Crippen MR) is 70.9 cm³/mol. The summed E-state index contributed by atoms with van der Waals surface area (Å²) in [7, 11) is 0. The van der Waals surface area contributed by atoms with Crippen molar-refractivity contribution in [3.05, 3.63) is 0 Å². The molecule has 0 heterocycles. The molecule has 0 aromatic heterocycles. The van der Waals surface area contributed by atoms with Crippen molar-refractivity contribution in [3.63, 3.8) is 0 Å². The third kappa shape index (κ3) is 3.45. The zero-order valence-corrected chi connectivity index (χ0v) is 11.1. The fraction of sp³-hybridized carbons (Fsp3) is 0.929. The lowest BCUT2D eigenvalue weighted by molar-refractivity contribution is -0.128. The van der Waals surface area contributed by atoms with E-state index in [4.69, 9.17) is 5.73 Å². The van der Waals surface area contributed by atoms with E-state index in [2.05, 4.69) is 5.32 Å². The van der Waals surface area contributed by atoms with Crippen LogP contribution in [0.1, 0.15) is 51.4 Å². The van der Waals surface area contributed by atoms with Crippen LogP contribution in [0.25, 0.3) is 0 Å². The summed E-state index contributed by atoms with van der Waals surface area (Å²) < 4.78 is 0. The molecule has 2 saturated carbocycles. The SMILES string of the molecule is NCC1CCC(C(=O)N[C@@H]2CCCC[C@H]2O)CC1. The average Bonchev–Trinajstić information content (AvgIpc) is 2.41. The fourth-order valence-corrected chi connectivity index (χ4v) is 3.24. The zero-order valence-electron chi connectivity index (χ0n) is 11.1. The number of rotatable bonds is 3. The summed E-state index contributed by atoms with van der Waals surface area (Å²) in [5.74, 6) is 0.896. The molecule has 0 spiro atoms. The van der Waals surface area contributed by atoms with Crippen LogP contribution in [0.5, 0.6) is 0 Å². The first kappa shape index (κ1) is 13.8. The number of aliphatic hydroxyl groups excluding tert-OH is 1. The Labute approximate surface area is 109 Å². The van der Waals surface area contributed by atoms with E-state index in [1.165, 1.54) is 0 Å². The van der Waals surface area contributed by atoms with Crippen LogP contribution in [0.2, 0.25) is 0 Å². The first-order valence-corrected chi connectivity index (χ1v) is 7.39. The van der Waals surface area contributed by atoms with Gasteiger partial charge in [-0.25, -0.2) is 0 Å². The van der Waals surface area contributed by atoms with Crippen molar-refractivity contribution < 1.29 is 9.90 Å². The molecule has 4 N–H and O–H groups in total. The predicted octanol–water partition coefficient (Wildman–Crippen LogP) is 1.17. The van der Waals surface area contributed by atoms with Gasteiger partial charge in [-0.3, -0.25) is 4.79 Å². The average molecular weight is 254 g/mol. The molecular formula is C14H26N2O2. The molecule has 0 aromatic carbocycles. The number of nitrogens with one attached hydrogen (secondary N) is 1. The molecule has 4 heteroatoms. The summed E-state index contributed by atoms with van der Waals surface area (Å²) in [6.45, 7) is 0.746. The Morgan fingerprint density at radius 1 is 1.11 bits per heavy atom. The van der Waals surface area contributed by atoms with E-state index in [1.54, 1.807) is 0 Å². The molecular weight excluding hydrogens is 228 g/mol. The van der Waals surface area contributed by atoms with Gasteiger partial charge in [0.15, 0.2) is 0 Å². The van der Waals surface area contributed by atoms with E-state index in [0.717, 1.165) is 57.9 Å². The molecule has 2 atom stereocenters. The van der Waals surface area contributed by atoms with E-state index >= 15 is 0 Å². The maximum Gasteiger partial charge on any atom is 0.223 e. The normalized spacial score (nSPS) is 37.2. The number of carbonyl (C=O) groups excluding carboxylic acids is 1. The largest absolute Gasteiger partial charge is 0.391 e. The molecule has 0 saturated heterocycles. The van der Waals surface area contributed by atoms with Gasteiger partial charge in [0.25, 0.3) is 0 Å². The molecule has 0 unspecified atom stereocenters. The number of hydrogen-bond acceptors (Lipinski definition) is 3. The van der Waals surface area contributed by atoms with E-state index in [0.29, 0.717) is 5.92 Å². The molecule has 0 aromatic rings. The standard InChI is InChI=1S/C14H26N2O2/c15-9-10-5-7-11(8-6-10)14(18)16-12-3-1-2-4-13(12)17/h10-13,17H,1-9,15H2,(H,16,18)/t10?,11?,12-,13-/m1/s1. The van der Waals surface area contributed by atoms with Crippen LogP contribution in [0.4, 0.5) is 0 Å². The van der Waals surface area contributed by atoms with E-state index < -0.39 is 0 Å². The molecule has 2 fully saturated rings. The van der Waals surface area contributed by atoms with Gasteiger partial charge in [0.2, 0.25) is 5.91 Å². The van der Waals surface area contributed by atoms with Crippen LogP contribution in [0, 0.1) is 11.8 Å². The van der Waals surface area contributed by atoms with Crippen molar-refractivity contribution in [2.24, 2.45) is 17.6 Å². The summed E-state index contributed by atoms with van der Waals surface area (Å²) in [6.07, 6.45) is 7.65. The third-order valence-electron chi connectivity index (χ3n) is 4.61. The summed E-state index contributed by atoms with van der Waals surface area (Å²) in [6, 6.07) is -0.0153. The second kappa shape index (κ2) is 6.53. The summed E-state index contributed by atoms with van der Waals surface area (Å²) in [5, 5.41) is 12.9. The van der Waals surface area contributed by atoms with Crippen molar-refractivity contribution in [1.82, 2.24) is 5.32 Å². The minimum Gasteiger partial charge on any atom is -0.391 e. The van der Waals surface area contributed by atoms with Crippen LogP contribution in [-0.2, 0) is 4.79 Å². The molecule has 2 rings (SSSR count). The van der Waals surface area contributed by atoms with Gasteiger partial charge >= 0.3 is 0 Å². The van der Waals surface area contributed by atoms with Gasteiger partial charge in [0.05, 0.1) is 12.1 Å². The van der Waals surface area contributed by atoms with Crippen LogP contribution in [-0.4, -0.2) is 29.7 Å². The van der Waals surface area contributed by atoms with Crippen molar-refractivity contribution in [2.75, 3.05) is 6.54 Å². The van der Waals surface area contributed by atoms with Gasteiger partial charge in [-0.1, -0.05) is 12.8 Å². The molecule has 104 valence electrons. The second-order valence-electron chi connectivity index (χ2n) is 5.92. The van der Waals surface area contributed by atoms with Crippen LogP contribution >= 0.6 is 0 Å². The summed E-state index contributed by atoms with van der Waals surface area (Å²) >= 11 is 0. The highest BCUT2D eigenvalue weighted by Crippen LogP contribution is 2.28. The van der Waals surface area contributed by atoms with Crippen molar-refractivity contribution in [2.45, 2.75) is 63.5 Å². The molecule has 0 aliphatic heterocycles. The summed E-state index contributed by atoms with van der Waals surface area (Å²) in [5.41, 5.74) is 5.66. The van der Waals surface area contributed by atoms with Crippen molar-refractivity contribution in [3.8, 4) is 0 Å². The van der Waals surface area contributed by atoms with Crippen LogP contribution in [0.3, 0.4) is 0 Å². The first-order valence-electron chi connectivity index (χ1n) is 7.39. The number of amides is 1. The zero-order chi connectivity index (χ0) is 13.0. The highest BCUT2D eigenvalue weighted by Gasteiger charge is 2.30. The Morgan fingerprint density at radius 2 is 1.78 bits per heavy atom. The van der Waals surface area contributed by atoms with E-state index in [9.17, 15) is 9.90 Å². The Balaban J connectivity index is 1.77. The van der Waals surface area contributed by atoms with Gasteiger partial charge in [0.1, 0.15) is 0 Å². The highest BCUT2D eigenvalue weighted by atomic mass is 16.3. The third-order valence-corrected chi connectivity index (χ3v) is 4.61. The lowest BCUT2D eigenvalue weighted by Gasteiger charge is -2.32. The van der Waals surface area contributed by atoms with Crippen molar-refractivity contribution >= 4 is 5.91 Å². The summed E-state index contributed by atoms with van der Waals surface area (Å²) in [4.78, 5) is 12.2. The Hall–Kier alpha value is -0.610. The lowest BCUT2D eigenvalue weighted by atomic mass is 9.81. The quantitative estimate of drug-likeness (QED) is 0.707. The minimum absolute atomic E-state index is 0.0153. The second-order valence-corrected chi connectivity index (χ2v) is 5.92.